The van der Waals surface area contributed by atoms with Crippen molar-refractivity contribution in [3.05, 3.63) is 29.3 Å². The molecule has 2 aromatic rings. The topological polar surface area (TPSA) is 36.4 Å². The number of benzene rings is 1. The minimum atomic E-state index is -0.0501. The third kappa shape index (κ3) is 2.55. The summed E-state index contributed by atoms with van der Waals surface area (Å²) in [6.45, 7) is 1.97. The highest BCUT2D eigenvalue weighted by atomic mass is 32.1. The summed E-state index contributed by atoms with van der Waals surface area (Å²) in [7, 11) is 2.14. The predicted octanol–water partition coefficient (Wildman–Crippen LogP) is 2.50. The molecule has 18 heavy (non-hydrogen) atoms. The highest BCUT2D eigenvalue weighted by Crippen LogP contribution is 2.28. The van der Waals surface area contributed by atoms with Crippen molar-refractivity contribution in [3.63, 3.8) is 0 Å². The molecule has 3 nitrogen and oxygen atoms in total. The average molecular weight is 262 g/mol. The van der Waals surface area contributed by atoms with Gasteiger partial charge in [0.1, 0.15) is 5.01 Å². The number of thiazole rings is 1. The fraction of sp³-hybridized carbons (Fsp3) is 0.500. The van der Waals surface area contributed by atoms with Gasteiger partial charge in [0.15, 0.2) is 0 Å². The van der Waals surface area contributed by atoms with Crippen LogP contribution in [0.2, 0.25) is 0 Å². The Bertz CT molecular complexity index is 500. The minimum Gasteiger partial charge on any atom is -0.393 e. The maximum atomic E-state index is 9.29. The van der Waals surface area contributed by atoms with Gasteiger partial charge in [-0.1, -0.05) is 12.1 Å². The van der Waals surface area contributed by atoms with Gasteiger partial charge < -0.3 is 5.11 Å². The highest BCUT2D eigenvalue weighted by Gasteiger charge is 2.27. The highest BCUT2D eigenvalue weighted by molar-refractivity contribution is 7.18. The molecule has 1 saturated carbocycles. The zero-order chi connectivity index (χ0) is 12.5. The lowest BCUT2D eigenvalue weighted by atomic mass is 9.82. The van der Waals surface area contributed by atoms with Crippen LogP contribution in [-0.4, -0.2) is 34.7 Å². The van der Waals surface area contributed by atoms with E-state index in [0.717, 1.165) is 31.4 Å². The van der Waals surface area contributed by atoms with E-state index >= 15 is 0 Å². The number of hydrogen-bond acceptors (Lipinski definition) is 4. The number of nitrogens with zero attached hydrogens (tertiary/aromatic N) is 2. The molecule has 0 aliphatic heterocycles. The first-order valence-corrected chi connectivity index (χ1v) is 7.23. The predicted molar refractivity (Wildman–Crippen MR) is 74.7 cm³/mol. The molecule has 1 fully saturated rings. The number of hydrogen-bond donors (Lipinski definition) is 1. The second-order valence-corrected chi connectivity index (χ2v) is 6.38. The Morgan fingerprint density at radius 2 is 2.17 bits per heavy atom. The van der Waals surface area contributed by atoms with Crippen molar-refractivity contribution >= 4 is 21.6 Å². The van der Waals surface area contributed by atoms with Crippen LogP contribution < -0.4 is 0 Å². The molecule has 1 N–H and O–H groups in total. The van der Waals surface area contributed by atoms with Crippen LogP contribution in [0.1, 0.15) is 17.8 Å². The molecular formula is C14H18N2OS. The molecule has 0 radical (unpaired) electrons. The molecule has 1 aliphatic rings. The molecular weight excluding hydrogens is 244 g/mol. The van der Waals surface area contributed by atoms with Gasteiger partial charge in [-0.2, -0.15) is 0 Å². The van der Waals surface area contributed by atoms with Crippen LogP contribution in [0.4, 0.5) is 0 Å². The van der Waals surface area contributed by atoms with Gasteiger partial charge in [0.2, 0.25) is 0 Å². The smallest absolute Gasteiger partial charge is 0.108 e. The van der Waals surface area contributed by atoms with Crippen LogP contribution in [0.3, 0.4) is 0 Å². The Labute approximate surface area is 111 Å². The Morgan fingerprint density at radius 3 is 2.89 bits per heavy atom. The molecule has 1 heterocycles. The van der Waals surface area contributed by atoms with E-state index in [1.165, 1.54) is 9.71 Å². The van der Waals surface area contributed by atoms with Gasteiger partial charge >= 0.3 is 0 Å². The Hall–Kier alpha value is -0.970. The third-order valence-corrected chi connectivity index (χ3v) is 4.55. The summed E-state index contributed by atoms with van der Waals surface area (Å²) in [4.78, 5) is 6.96. The van der Waals surface area contributed by atoms with E-state index in [0.29, 0.717) is 5.92 Å². The number of fused-ring (bicyclic) bond motifs is 1. The number of aliphatic hydroxyl groups is 1. The molecule has 1 aromatic carbocycles. The van der Waals surface area contributed by atoms with Gasteiger partial charge in [0, 0.05) is 6.54 Å². The summed E-state index contributed by atoms with van der Waals surface area (Å²) in [5, 5.41) is 10.5. The number of aliphatic hydroxyl groups excluding tert-OH is 1. The minimum absolute atomic E-state index is 0.0501. The second kappa shape index (κ2) is 4.96. The Balaban J connectivity index is 1.61. The molecule has 0 spiro atoms. The van der Waals surface area contributed by atoms with E-state index in [1.54, 1.807) is 11.3 Å². The molecule has 1 aromatic heterocycles. The normalized spacial score (nSPS) is 23.5. The van der Waals surface area contributed by atoms with Crippen molar-refractivity contribution in [2.24, 2.45) is 5.92 Å². The van der Waals surface area contributed by atoms with Gasteiger partial charge in [-0.15, -0.1) is 11.3 Å². The third-order valence-electron chi connectivity index (χ3n) is 3.52. The SMILES string of the molecule is CN(Cc1nc2ccccc2s1)CC1CC(O)C1. The fourth-order valence-corrected chi connectivity index (χ4v) is 3.62. The number of para-hydroxylation sites is 1. The largest absolute Gasteiger partial charge is 0.393 e. The first kappa shape index (κ1) is 12.1. The van der Waals surface area contributed by atoms with Crippen molar-refractivity contribution in [2.45, 2.75) is 25.5 Å². The van der Waals surface area contributed by atoms with E-state index in [4.69, 9.17) is 0 Å². The molecule has 3 rings (SSSR count). The molecule has 0 amide bonds. The van der Waals surface area contributed by atoms with Gasteiger partial charge in [0.25, 0.3) is 0 Å². The van der Waals surface area contributed by atoms with E-state index in [9.17, 15) is 5.11 Å². The average Bonchev–Trinajstić information content (AvgIpc) is 2.68. The summed E-state index contributed by atoms with van der Waals surface area (Å²) < 4.78 is 1.26. The molecule has 4 heteroatoms. The monoisotopic (exact) mass is 262 g/mol. The standard InChI is InChI=1S/C14H18N2OS/c1-16(8-10-6-11(17)7-10)9-14-15-12-4-2-3-5-13(12)18-14/h2-5,10-11,17H,6-9H2,1H3. The lowest BCUT2D eigenvalue weighted by Gasteiger charge is -2.34. The van der Waals surface area contributed by atoms with Crippen molar-refractivity contribution < 1.29 is 5.11 Å². The van der Waals surface area contributed by atoms with Crippen LogP contribution in [0.15, 0.2) is 24.3 Å². The molecule has 1 aliphatic carbocycles. The van der Waals surface area contributed by atoms with E-state index in [2.05, 4.69) is 35.1 Å². The summed E-state index contributed by atoms with van der Waals surface area (Å²) in [5.74, 6) is 0.666. The lowest BCUT2D eigenvalue weighted by Crippen LogP contribution is -2.36. The van der Waals surface area contributed by atoms with Gasteiger partial charge in [-0.25, -0.2) is 4.98 Å². The van der Waals surface area contributed by atoms with E-state index in [1.807, 2.05) is 6.07 Å². The van der Waals surface area contributed by atoms with E-state index in [-0.39, 0.29) is 6.10 Å². The van der Waals surface area contributed by atoms with Crippen LogP contribution in [0.5, 0.6) is 0 Å². The van der Waals surface area contributed by atoms with Crippen LogP contribution in [0, 0.1) is 5.92 Å². The van der Waals surface area contributed by atoms with Crippen molar-refractivity contribution in [3.8, 4) is 0 Å². The zero-order valence-electron chi connectivity index (χ0n) is 10.5. The van der Waals surface area contributed by atoms with Crippen LogP contribution in [0.25, 0.3) is 10.2 Å². The van der Waals surface area contributed by atoms with Crippen molar-refractivity contribution in [1.29, 1.82) is 0 Å². The first-order valence-electron chi connectivity index (χ1n) is 6.42. The van der Waals surface area contributed by atoms with Crippen molar-refractivity contribution in [1.82, 2.24) is 9.88 Å². The Morgan fingerprint density at radius 1 is 1.39 bits per heavy atom. The van der Waals surface area contributed by atoms with Gasteiger partial charge in [0.05, 0.1) is 22.9 Å². The second-order valence-electron chi connectivity index (χ2n) is 5.26. The van der Waals surface area contributed by atoms with Crippen LogP contribution in [-0.2, 0) is 6.54 Å². The quantitative estimate of drug-likeness (QED) is 0.919. The molecule has 96 valence electrons. The zero-order valence-corrected chi connectivity index (χ0v) is 11.4. The maximum absolute atomic E-state index is 9.29. The van der Waals surface area contributed by atoms with E-state index < -0.39 is 0 Å². The number of rotatable bonds is 4. The van der Waals surface area contributed by atoms with Gasteiger partial charge in [-0.3, -0.25) is 4.90 Å². The fourth-order valence-electron chi connectivity index (χ4n) is 2.57. The maximum Gasteiger partial charge on any atom is 0.108 e. The summed E-state index contributed by atoms with van der Waals surface area (Å²) in [6.07, 6.45) is 1.87. The first-order chi connectivity index (χ1) is 8.70. The summed E-state index contributed by atoms with van der Waals surface area (Å²) in [6, 6.07) is 8.28. The molecule has 0 atom stereocenters. The van der Waals surface area contributed by atoms with Crippen molar-refractivity contribution in [2.75, 3.05) is 13.6 Å². The molecule has 0 saturated heterocycles. The number of aromatic nitrogens is 1. The van der Waals surface area contributed by atoms with Gasteiger partial charge in [-0.05, 0) is 37.9 Å². The Kier molecular flexibility index (Phi) is 3.33. The van der Waals surface area contributed by atoms with Crippen LogP contribution >= 0.6 is 11.3 Å². The summed E-state index contributed by atoms with van der Waals surface area (Å²) in [5.41, 5.74) is 1.10. The summed E-state index contributed by atoms with van der Waals surface area (Å²) >= 11 is 1.78. The molecule has 0 bridgehead atoms. The lowest BCUT2D eigenvalue weighted by molar-refractivity contribution is 0.0274. The molecule has 0 unspecified atom stereocenters.